The molecule has 0 heterocycles. The summed E-state index contributed by atoms with van der Waals surface area (Å²) < 4.78 is 0.793. The Bertz CT molecular complexity index is 488. The molecular formula is C17H22BrNO. The Morgan fingerprint density at radius 1 is 1.05 bits per heavy atom. The van der Waals surface area contributed by atoms with Gasteiger partial charge < -0.3 is 10.4 Å². The maximum atomic E-state index is 10.1. The molecule has 0 atom stereocenters. The maximum Gasteiger partial charge on any atom is 0.134 e. The zero-order chi connectivity index (χ0) is 13.7. The van der Waals surface area contributed by atoms with Gasteiger partial charge in [-0.15, -0.1) is 0 Å². The Balaban J connectivity index is 1.46. The van der Waals surface area contributed by atoms with Crippen LogP contribution in [0.2, 0.25) is 0 Å². The molecule has 3 heteroatoms. The van der Waals surface area contributed by atoms with Gasteiger partial charge >= 0.3 is 0 Å². The van der Waals surface area contributed by atoms with Crippen molar-refractivity contribution in [2.24, 2.45) is 23.7 Å². The summed E-state index contributed by atoms with van der Waals surface area (Å²) in [6.07, 6.45) is 7.26. The van der Waals surface area contributed by atoms with Crippen LogP contribution in [0.25, 0.3) is 0 Å². The van der Waals surface area contributed by atoms with Crippen molar-refractivity contribution in [2.75, 3.05) is 0 Å². The average molecular weight is 336 g/mol. The van der Waals surface area contributed by atoms with E-state index in [0.29, 0.717) is 11.8 Å². The summed E-state index contributed by atoms with van der Waals surface area (Å²) in [6, 6.07) is 6.59. The summed E-state index contributed by atoms with van der Waals surface area (Å²) >= 11 is 3.40. The van der Waals surface area contributed by atoms with Crippen LogP contribution in [0.1, 0.15) is 37.7 Å². The van der Waals surface area contributed by atoms with E-state index in [1.54, 1.807) is 0 Å². The van der Waals surface area contributed by atoms with Crippen molar-refractivity contribution in [1.82, 2.24) is 5.32 Å². The van der Waals surface area contributed by atoms with Gasteiger partial charge in [0.1, 0.15) is 5.75 Å². The Kier molecular flexibility index (Phi) is 3.30. The average Bonchev–Trinajstić information content (AvgIpc) is 2.41. The zero-order valence-corrected chi connectivity index (χ0v) is 13.3. The molecule has 0 aromatic heterocycles. The number of halogens is 1. The monoisotopic (exact) mass is 335 g/mol. The van der Waals surface area contributed by atoms with Gasteiger partial charge in [0.2, 0.25) is 0 Å². The van der Waals surface area contributed by atoms with Crippen LogP contribution in [-0.2, 0) is 6.54 Å². The number of para-hydroxylation sites is 1. The zero-order valence-electron chi connectivity index (χ0n) is 11.7. The lowest BCUT2D eigenvalue weighted by molar-refractivity contribution is -0.0143. The van der Waals surface area contributed by atoms with E-state index in [-0.39, 0.29) is 0 Å². The van der Waals surface area contributed by atoms with Crippen molar-refractivity contribution in [3.63, 3.8) is 0 Å². The van der Waals surface area contributed by atoms with E-state index in [4.69, 9.17) is 0 Å². The van der Waals surface area contributed by atoms with Gasteiger partial charge in [-0.1, -0.05) is 12.1 Å². The number of hydrogen-bond donors (Lipinski definition) is 2. The molecule has 20 heavy (non-hydrogen) atoms. The van der Waals surface area contributed by atoms with E-state index in [1.165, 1.54) is 32.1 Å². The molecule has 0 unspecified atom stereocenters. The van der Waals surface area contributed by atoms with Gasteiger partial charge in [-0.05, 0) is 77.8 Å². The summed E-state index contributed by atoms with van der Waals surface area (Å²) in [7, 11) is 0. The number of phenolic OH excluding ortho intramolecular Hbond substituents is 1. The molecule has 0 spiro atoms. The largest absolute Gasteiger partial charge is 0.506 e. The summed E-state index contributed by atoms with van der Waals surface area (Å²) in [5, 5.41) is 13.9. The lowest BCUT2D eigenvalue weighted by Crippen LogP contribution is -2.54. The molecule has 0 radical (unpaired) electrons. The van der Waals surface area contributed by atoms with E-state index in [2.05, 4.69) is 21.2 Å². The molecule has 5 rings (SSSR count). The molecule has 4 fully saturated rings. The second-order valence-electron chi connectivity index (χ2n) is 7.08. The van der Waals surface area contributed by atoms with Gasteiger partial charge in [0.25, 0.3) is 0 Å². The first-order valence-electron chi connectivity index (χ1n) is 7.90. The molecule has 4 bridgehead atoms. The number of phenols is 1. The minimum Gasteiger partial charge on any atom is -0.506 e. The number of aromatic hydroxyl groups is 1. The quantitative estimate of drug-likeness (QED) is 0.872. The summed E-state index contributed by atoms with van der Waals surface area (Å²) in [4.78, 5) is 0. The van der Waals surface area contributed by atoms with Crippen LogP contribution in [0, 0.1) is 23.7 Å². The normalized spacial score (nSPS) is 38.4. The number of rotatable bonds is 3. The molecular weight excluding hydrogens is 314 g/mol. The number of hydrogen-bond acceptors (Lipinski definition) is 2. The first-order valence-corrected chi connectivity index (χ1v) is 8.69. The van der Waals surface area contributed by atoms with E-state index in [1.807, 2.05) is 18.2 Å². The molecule has 1 aromatic carbocycles. The van der Waals surface area contributed by atoms with Crippen molar-refractivity contribution in [1.29, 1.82) is 0 Å². The molecule has 4 aliphatic rings. The third-order valence-corrected chi connectivity index (χ3v) is 6.47. The standard InChI is InChI=1S/C17H22BrNO/c18-15-3-1-2-12(17(15)20)9-19-16-13-5-10-4-11(7-13)8-14(16)6-10/h1-3,10-11,13-14,16,19-20H,4-9H2. The van der Waals surface area contributed by atoms with Gasteiger partial charge in [-0.25, -0.2) is 0 Å². The van der Waals surface area contributed by atoms with Crippen LogP contribution in [0.15, 0.2) is 22.7 Å². The van der Waals surface area contributed by atoms with Gasteiger partial charge in [-0.2, -0.15) is 0 Å². The molecule has 2 N–H and O–H groups in total. The molecule has 2 nitrogen and oxygen atoms in total. The lowest BCUT2D eigenvalue weighted by atomic mass is 9.54. The molecule has 4 saturated carbocycles. The minimum absolute atomic E-state index is 0.392. The van der Waals surface area contributed by atoms with Gasteiger partial charge in [-0.3, -0.25) is 0 Å². The predicted octanol–water partition coefficient (Wildman–Crippen LogP) is 4.07. The highest BCUT2D eigenvalue weighted by Crippen LogP contribution is 2.53. The summed E-state index contributed by atoms with van der Waals surface area (Å²) in [5.41, 5.74) is 1.01. The van der Waals surface area contributed by atoms with Gasteiger partial charge in [0.15, 0.2) is 0 Å². The van der Waals surface area contributed by atoms with Crippen LogP contribution >= 0.6 is 15.9 Å². The molecule has 1 aromatic rings. The van der Waals surface area contributed by atoms with Crippen LogP contribution < -0.4 is 5.32 Å². The van der Waals surface area contributed by atoms with E-state index >= 15 is 0 Å². The third kappa shape index (κ3) is 2.19. The number of nitrogens with one attached hydrogen (secondary N) is 1. The third-order valence-electron chi connectivity index (χ3n) is 5.83. The van der Waals surface area contributed by atoms with Crippen LogP contribution in [0.5, 0.6) is 5.75 Å². The molecule has 0 aliphatic heterocycles. The molecule has 0 amide bonds. The highest BCUT2D eigenvalue weighted by Gasteiger charge is 2.47. The highest BCUT2D eigenvalue weighted by atomic mass is 79.9. The fraction of sp³-hybridized carbons (Fsp3) is 0.647. The molecule has 4 aliphatic carbocycles. The predicted molar refractivity (Wildman–Crippen MR) is 83.5 cm³/mol. The Hall–Kier alpha value is -0.540. The SMILES string of the molecule is Oc1c(Br)cccc1CNC1C2CC3CC(C2)CC1C3. The fourth-order valence-electron chi connectivity index (χ4n) is 5.19. The van der Waals surface area contributed by atoms with Crippen molar-refractivity contribution in [3.8, 4) is 5.75 Å². The van der Waals surface area contributed by atoms with Crippen molar-refractivity contribution in [3.05, 3.63) is 28.2 Å². The summed E-state index contributed by atoms with van der Waals surface area (Å²) in [5.74, 6) is 4.22. The lowest BCUT2D eigenvalue weighted by Gasteiger charge is -2.54. The fourth-order valence-corrected chi connectivity index (χ4v) is 5.60. The van der Waals surface area contributed by atoms with E-state index < -0.39 is 0 Å². The topological polar surface area (TPSA) is 32.3 Å². The highest BCUT2D eigenvalue weighted by molar-refractivity contribution is 9.10. The Labute approximate surface area is 129 Å². The molecule has 108 valence electrons. The van der Waals surface area contributed by atoms with Gasteiger partial charge in [0, 0.05) is 18.2 Å². The first-order chi connectivity index (χ1) is 9.70. The number of benzene rings is 1. The van der Waals surface area contributed by atoms with Crippen molar-refractivity contribution in [2.45, 2.75) is 44.7 Å². The Morgan fingerprint density at radius 2 is 1.70 bits per heavy atom. The smallest absolute Gasteiger partial charge is 0.134 e. The van der Waals surface area contributed by atoms with Gasteiger partial charge in [0.05, 0.1) is 4.47 Å². The van der Waals surface area contributed by atoms with Crippen LogP contribution in [-0.4, -0.2) is 11.1 Å². The first kappa shape index (κ1) is 13.1. The second-order valence-corrected chi connectivity index (χ2v) is 7.94. The Morgan fingerprint density at radius 3 is 2.35 bits per heavy atom. The van der Waals surface area contributed by atoms with Crippen LogP contribution in [0.4, 0.5) is 0 Å². The minimum atomic E-state index is 0.392. The molecule has 0 saturated heterocycles. The van der Waals surface area contributed by atoms with E-state index in [0.717, 1.165) is 40.3 Å². The van der Waals surface area contributed by atoms with Crippen molar-refractivity contribution < 1.29 is 5.11 Å². The second kappa shape index (κ2) is 5.03. The summed E-state index contributed by atoms with van der Waals surface area (Å²) in [6.45, 7) is 0.790. The van der Waals surface area contributed by atoms with Crippen LogP contribution in [0.3, 0.4) is 0 Å². The van der Waals surface area contributed by atoms with E-state index in [9.17, 15) is 5.11 Å². The van der Waals surface area contributed by atoms with Crippen molar-refractivity contribution >= 4 is 15.9 Å². The maximum absolute atomic E-state index is 10.1.